The molecule has 7 nitrogen and oxygen atoms in total. The summed E-state index contributed by atoms with van der Waals surface area (Å²) in [6.45, 7) is 11.4. The minimum Gasteiger partial charge on any atom is -0.355 e. The predicted octanol–water partition coefficient (Wildman–Crippen LogP) is 2.62. The SMILES string of the molecule is Cc1c(-c2cc(C(=O)NC(C)(C)CN3CCC[C@H](C)C3)no2)cnn1C. The van der Waals surface area contributed by atoms with E-state index in [1.807, 2.05) is 14.0 Å². The standard InChI is InChI=1S/C19H29N5O2/c1-13-7-6-8-24(11-13)12-19(3,4)21-18(25)16-9-17(26-22-16)15-10-20-23(5)14(15)2/h9-10,13H,6-8,11-12H2,1-5H3,(H,21,25)/t13-/m0/s1. The second kappa shape index (κ2) is 7.23. The number of aryl methyl sites for hydroxylation is 1. The van der Waals surface area contributed by atoms with Crippen molar-refractivity contribution in [3.63, 3.8) is 0 Å². The maximum Gasteiger partial charge on any atom is 0.273 e. The number of carbonyl (C=O) groups excluding carboxylic acids is 1. The van der Waals surface area contributed by atoms with E-state index in [1.54, 1.807) is 16.9 Å². The van der Waals surface area contributed by atoms with Crippen molar-refractivity contribution >= 4 is 5.91 Å². The Bertz CT molecular complexity index is 777. The zero-order valence-corrected chi connectivity index (χ0v) is 16.4. The van der Waals surface area contributed by atoms with Gasteiger partial charge in [-0.2, -0.15) is 5.10 Å². The molecule has 0 aromatic carbocycles. The fraction of sp³-hybridized carbons (Fsp3) is 0.632. The fourth-order valence-electron chi connectivity index (χ4n) is 3.65. The molecule has 26 heavy (non-hydrogen) atoms. The summed E-state index contributed by atoms with van der Waals surface area (Å²) in [5, 5.41) is 11.2. The molecule has 0 bridgehead atoms. The molecule has 1 N–H and O–H groups in total. The van der Waals surface area contributed by atoms with Gasteiger partial charge >= 0.3 is 0 Å². The number of rotatable bonds is 5. The molecule has 3 heterocycles. The quantitative estimate of drug-likeness (QED) is 0.888. The summed E-state index contributed by atoms with van der Waals surface area (Å²) in [4.78, 5) is 15.1. The molecule has 1 amide bonds. The topological polar surface area (TPSA) is 76.2 Å². The lowest BCUT2D eigenvalue weighted by molar-refractivity contribution is 0.0854. The maximum absolute atomic E-state index is 12.6. The highest BCUT2D eigenvalue weighted by atomic mass is 16.5. The molecule has 1 aliphatic heterocycles. The zero-order chi connectivity index (χ0) is 18.9. The minimum atomic E-state index is -0.336. The molecule has 3 rings (SSSR count). The van der Waals surface area contributed by atoms with Crippen LogP contribution in [0.5, 0.6) is 0 Å². The Labute approximate surface area is 154 Å². The van der Waals surface area contributed by atoms with Gasteiger partial charge in [0, 0.05) is 37.4 Å². The van der Waals surface area contributed by atoms with Crippen LogP contribution in [-0.4, -0.2) is 50.9 Å². The van der Waals surface area contributed by atoms with Crippen molar-refractivity contribution in [3.05, 3.63) is 23.7 Å². The largest absolute Gasteiger partial charge is 0.355 e. The first kappa shape index (κ1) is 18.6. The Balaban J connectivity index is 1.65. The molecule has 142 valence electrons. The summed E-state index contributed by atoms with van der Waals surface area (Å²) in [5.74, 6) is 1.07. The van der Waals surface area contributed by atoms with Gasteiger partial charge in [0.2, 0.25) is 0 Å². The molecule has 0 radical (unpaired) electrons. The van der Waals surface area contributed by atoms with Crippen molar-refractivity contribution in [1.82, 2.24) is 25.2 Å². The van der Waals surface area contributed by atoms with E-state index in [2.05, 4.69) is 41.2 Å². The van der Waals surface area contributed by atoms with E-state index in [4.69, 9.17) is 4.52 Å². The normalized spacial score (nSPS) is 18.9. The highest BCUT2D eigenvalue weighted by molar-refractivity contribution is 5.93. The van der Waals surface area contributed by atoms with E-state index >= 15 is 0 Å². The number of amides is 1. The molecule has 0 saturated carbocycles. The summed E-state index contributed by atoms with van der Waals surface area (Å²) in [6, 6.07) is 1.68. The lowest BCUT2D eigenvalue weighted by atomic mass is 9.97. The van der Waals surface area contributed by atoms with E-state index in [-0.39, 0.29) is 11.4 Å². The molecule has 7 heteroatoms. The van der Waals surface area contributed by atoms with Gasteiger partial charge < -0.3 is 14.7 Å². The molecular formula is C19H29N5O2. The first-order chi connectivity index (χ1) is 12.2. The summed E-state index contributed by atoms with van der Waals surface area (Å²) in [7, 11) is 1.87. The number of hydrogen-bond donors (Lipinski definition) is 1. The lowest BCUT2D eigenvalue weighted by Gasteiger charge is -2.37. The van der Waals surface area contributed by atoms with Crippen molar-refractivity contribution in [3.8, 4) is 11.3 Å². The summed E-state index contributed by atoms with van der Waals surface area (Å²) in [5.41, 5.74) is 1.77. The van der Waals surface area contributed by atoms with Gasteiger partial charge in [-0.25, -0.2) is 0 Å². The lowest BCUT2D eigenvalue weighted by Crippen LogP contribution is -2.53. The number of carbonyl (C=O) groups is 1. The average Bonchev–Trinajstić information content (AvgIpc) is 3.14. The number of piperidine rings is 1. The third-order valence-electron chi connectivity index (χ3n) is 5.06. The van der Waals surface area contributed by atoms with Gasteiger partial charge in [-0.1, -0.05) is 12.1 Å². The second-order valence-electron chi connectivity index (χ2n) is 8.16. The molecule has 1 fully saturated rings. The van der Waals surface area contributed by atoms with Crippen molar-refractivity contribution < 1.29 is 9.32 Å². The third kappa shape index (κ3) is 4.15. The van der Waals surface area contributed by atoms with Crippen molar-refractivity contribution in [2.24, 2.45) is 13.0 Å². The molecule has 0 unspecified atom stereocenters. The van der Waals surface area contributed by atoms with Gasteiger partial charge in [0.1, 0.15) is 0 Å². The van der Waals surface area contributed by atoms with E-state index < -0.39 is 0 Å². The minimum absolute atomic E-state index is 0.211. The van der Waals surface area contributed by atoms with Crippen LogP contribution < -0.4 is 5.32 Å². The van der Waals surface area contributed by atoms with Crippen LogP contribution in [0.25, 0.3) is 11.3 Å². The fourth-order valence-corrected chi connectivity index (χ4v) is 3.65. The molecule has 2 aromatic rings. The van der Waals surface area contributed by atoms with Crippen LogP contribution in [0.2, 0.25) is 0 Å². The van der Waals surface area contributed by atoms with Crippen LogP contribution in [0.15, 0.2) is 16.8 Å². The zero-order valence-electron chi connectivity index (χ0n) is 16.4. The summed E-state index contributed by atoms with van der Waals surface area (Å²) >= 11 is 0. The van der Waals surface area contributed by atoms with Crippen LogP contribution in [-0.2, 0) is 7.05 Å². The number of likely N-dealkylation sites (tertiary alicyclic amines) is 1. The number of aromatic nitrogens is 3. The van der Waals surface area contributed by atoms with Gasteiger partial charge in [-0.05, 0) is 46.1 Å². The van der Waals surface area contributed by atoms with Crippen molar-refractivity contribution in [2.75, 3.05) is 19.6 Å². The molecular weight excluding hydrogens is 330 g/mol. The third-order valence-corrected chi connectivity index (χ3v) is 5.06. The second-order valence-corrected chi connectivity index (χ2v) is 8.16. The van der Waals surface area contributed by atoms with E-state index in [9.17, 15) is 4.79 Å². The number of hydrogen-bond acceptors (Lipinski definition) is 5. The maximum atomic E-state index is 12.6. The van der Waals surface area contributed by atoms with E-state index in [1.165, 1.54) is 12.8 Å². The Kier molecular flexibility index (Phi) is 5.18. The van der Waals surface area contributed by atoms with Crippen LogP contribution in [0.4, 0.5) is 0 Å². The van der Waals surface area contributed by atoms with Gasteiger partial charge in [-0.15, -0.1) is 0 Å². The number of nitrogens with one attached hydrogen (secondary N) is 1. The molecule has 1 atom stereocenters. The van der Waals surface area contributed by atoms with Gasteiger partial charge in [-0.3, -0.25) is 9.48 Å². The predicted molar refractivity (Wildman–Crippen MR) is 99.8 cm³/mol. The summed E-state index contributed by atoms with van der Waals surface area (Å²) < 4.78 is 7.13. The molecule has 0 spiro atoms. The van der Waals surface area contributed by atoms with E-state index in [0.29, 0.717) is 11.5 Å². The molecule has 0 aliphatic carbocycles. The molecule has 2 aromatic heterocycles. The van der Waals surface area contributed by atoms with Crippen LogP contribution in [0.1, 0.15) is 49.8 Å². The Morgan fingerprint density at radius 1 is 1.46 bits per heavy atom. The Morgan fingerprint density at radius 3 is 2.88 bits per heavy atom. The monoisotopic (exact) mass is 359 g/mol. The van der Waals surface area contributed by atoms with Gasteiger partial charge in [0.15, 0.2) is 11.5 Å². The molecule has 1 saturated heterocycles. The highest BCUT2D eigenvalue weighted by Gasteiger charge is 2.28. The van der Waals surface area contributed by atoms with E-state index in [0.717, 1.165) is 36.8 Å². The van der Waals surface area contributed by atoms with Crippen LogP contribution in [0, 0.1) is 12.8 Å². The smallest absolute Gasteiger partial charge is 0.273 e. The van der Waals surface area contributed by atoms with Crippen LogP contribution in [0.3, 0.4) is 0 Å². The Hall–Kier alpha value is -2.15. The van der Waals surface area contributed by atoms with Crippen molar-refractivity contribution in [2.45, 2.75) is 46.1 Å². The first-order valence-electron chi connectivity index (χ1n) is 9.26. The van der Waals surface area contributed by atoms with Gasteiger partial charge in [0.05, 0.1) is 11.8 Å². The highest BCUT2D eigenvalue weighted by Crippen LogP contribution is 2.24. The number of nitrogens with zero attached hydrogens (tertiary/aromatic N) is 4. The Morgan fingerprint density at radius 2 is 2.23 bits per heavy atom. The summed E-state index contributed by atoms with van der Waals surface area (Å²) in [6.07, 6.45) is 4.24. The van der Waals surface area contributed by atoms with Gasteiger partial charge in [0.25, 0.3) is 5.91 Å². The molecule has 1 aliphatic rings. The first-order valence-corrected chi connectivity index (χ1v) is 9.26. The average molecular weight is 359 g/mol. The van der Waals surface area contributed by atoms with Crippen molar-refractivity contribution in [1.29, 1.82) is 0 Å². The van der Waals surface area contributed by atoms with Crippen LogP contribution >= 0.6 is 0 Å².